The van der Waals surface area contributed by atoms with Crippen LogP contribution in [0.1, 0.15) is 15.9 Å². The van der Waals surface area contributed by atoms with Gasteiger partial charge in [-0.15, -0.1) is 0 Å². The molecule has 0 atom stereocenters. The molecule has 0 saturated heterocycles. The van der Waals surface area contributed by atoms with Crippen LogP contribution < -0.4 is 10.4 Å². The van der Waals surface area contributed by atoms with Crippen LogP contribution in [0.2, 0.25) is 0 Å². The lowest BCUT2D eigenvalue weighted by molar-refractivity contribution is -0.137. The van der Waals surface area contributed by atoms with Gasteiger partial charge in [-0.05, 0) is 12.1 Å². The minimum atomic E-state index is -4.47. The van der Waals surface area contributed by atoms with E-state index in [1.54, 1.807) is 0 Å². The van der Waals surface area contributed by atoms with Gasteiger partial charge in [0.2, 0.25) is 0 Å². The average molecular weight is 373 g/mol. The molecule has 138 valence electrons. The van der Waals surface area contributed by atoms with Gasteiger partial charge in [-0.25, -0.2) is 15.0 Å². The molecule has 3 aromatic rings. The van der Waals surface area contributed by atoms with Crippen molar-refractivity contribution < 1.29 is 18.0 Å². The van der Waals surface area contributed by atoms with E-state index in [1.165, 1.54) is 24.5 Å². The molecule has 27 heavy (non-hydrogen) atoms. The van der Waals surface area contributed by atoms with Crippen molar-refractivity contribution in [2.45, 2.75) is 6.18 Å². The molecular weight excluding hydrogens is 359 g/mol. The Bertz CT molecular complexity index is 912. The molecule has 0 aliphatic carbocycles. The molecule has 0 saturated carbocycles. The summed E-state index contributed by atoms with van der Waals surface area (Å²) < 4.78 is 37.7. The molecular formula is C18H14F3N5O. The second-order valence-corrected chi connectivity index (χ2v) is 5.56. The van der Waals surface area contributed by atoms with Crippen molar-refractivity contribution >= 4 is 11.7 Å². The van der Waals surface area contributed by atoms with Crippen molar-refractivity contribution in [3.63, 3.8) is 0 Å². The van der Waals surface area contributed by atoms with Crippen LogP contribution >= 0.6 is 0 Å². The number of nitrogens with zero attached hydrogens (tertiary/aromatic N) is 4. The third-order valence-electron chi connectivity index (χ3n) is 3.63. The number of halogens is 3. The van der Waals surface area contributed by atoms with Gasteiger partial charge in [0, 0.05) is 31.2 Å². The van der Waals surface area contributed by atoms with Gasteiger partial charge in [-0.2, -0.15) is 13.2 Å². The SMILES string of the molecule is CN(NC(=O)c1cnc(-c2ccccc2)nc1)c1ccc(C(F)(F)F)cn1. The molecule has 1 amide bonds. The zero-order chi connectivity index (χ0) is 19.4. The van der Waals surface area contributed by atoms with E-state index in [0.717, 1.165) is 17.7 Å². The van der Waals surface area contributed by atoms with Gasteiger partial charge in [0.1, 0.15) is 5.82 Å². The number of amides is 1. The number of pyridine rings is 1. The summed E-state index contributed by atoms with van der Waals surface area (Å²) in [6, 6.07) is 11.3. The maximum absolute atomic E-state index is 12.6. The molecule has 0 spiro atoms. The zero-order valence-electron chi connectivity index (χ0n) is 14.1. The molecule has 0 bridgehead atoms. The summed E-state index contributed by atoms with van der Waals surface area (Å²) in [5.74, 6) is 0.113. The molecule has 0 unspecified atom stereocenters. The highest BCUT2D eigenvalue weighted by Crippen LogP contribution is 2.29. The number of carbonyl (C=O) groups is 1. The second-order valence-electron chi connectivity index (χ2n) is 5.56. The highest BCUT2D eigenvalue weighted by Gasteiger charge is 2.30. The van der Waals surface area contributed by atoms with E-state index in [2.05, 4.69) is 20.4 Å². The number of alkyl halides is 3. The summed E-state index contributed by atoms with van der Waals surface area (Å²) in [6.45, 7) is 0. The van der Waals surface area contributed by atoms with Gasteiger partial charge in [-0.1, -0.05) is 30.3 Å². The number of anilines is 1. The van der Waals surface area contributed by atoms with E-state index in [4.69, 9.17) is 0 Å². The number of nitrogens with one attached hydrogen (secondary N) is 1. The van der Waals surface area contributed by atoms with Gasteiger partial charge in [0.25, 0.3) is 5.91 Å². The molecule has 1 N–H and O–H groups in total. The molecule has 0 radical (unpaired) electrons. The number of hydrogen-bond acceptors (Lipinski definition) is 5. The molecule has 3 rings (SSSR count). The van der Waals surface area contributed by atoms with Crippen LogP contribution in [-0.4, -0.2) is 27.9 Å². The zero-order valence-corrected chi connectivity index (χ0v) is 14.1. The lowest BCUT2D eigenvalue weighted by atomic mass is 10.2. The van der Waals surface area contributed by atoms with Crippen LogP contribution in [0.3, 0.4) is 0 Å². The third kappa shape index (κ3) is 4.38. The van der Waals surface area contributed by atoms with E-state index in [1.807, 2.05) is 30.3 Å². The molecule has 0 fully saturated rings. The Morgan fingerprint density at radius 1 is 0.963 bits per heavy atom. The van der Waals surface area contributed by atoms with E-state index in [-0.39, 0.29) is 11.4 Å². The molecule has 2 heterocycles. The summed E-state index contributed by atoms with van der Waals surface area (Å²) >= 11 is 0. The fourth-order valence-corrected chi connectivity index (χ4v) is 2.21. The third-order valence-corrected chi connectivity index (χ3v) is 3.63. The average Bonchev–Trinajstić information content (AvgIpc) is 2.68. The first kappa shape index (κ1) is 18.3. The summed E-state index contributed by atoms with van der Waals surface area (Å²) in [7, 11) is 1.46. The Balaban J connectivity index is 1.68. The molecule has 9 heteroatoms. The van der Waals surface area contributed by atoms with Crippen LogP contribution in [0.25, 0.3) is 11.4 Å². The summed E-state index contributed by atoms with van der Waals surface area (Å²) in [5, 5.41) is 1.22. The Kier molecular flexibility index (Phi) is 5.02. The van der Waals surface area contributed by atoms with Gasteiger partial charge < -0.3 is 0 Å². The van der Waals surface area contributed by atoms with Crippen molar-refractivity contribution in [2.24, 2.45) is 0 Å². The lowest BCUT2D eigenvalue weighted by Crippen LogP contribution is -2.40. The monoisotopic (exact) mass is 373 g/mol. The molecule has 0 aliphatic heterocycles. The van der Waals surface area contributed by atoms with Gasteiger partial charge in [-0.3, -0.25) is 15.2 Å². The van der Waals surface area contributed by atoms with Crippen molar-refractivity contribution in [3.8, 4) is 11.4 Å². The lowest BCUT2D eigenvalue weighted by Gasteiger charge is -2.19. The second kappa shape index (κ2) is 7.40. The van der Waals surface area contributed by atoms with Crippen LogP contribution in [0, 0.1) is 0 Å². The van der Waals surface area contributed by atoms with Crippen LogP contribution in [0.15, 0.2) is 61.1 Å². The largest absolute Gasteiger partial charge is 0.417 e. The van der Waals surface area contributed by atoms with E-state index in [9.17, 15) is 18.0 Å². The fourth-order valence-electron chi connectivity index (χ4n) is 2.21. The summed E-state index contributed by atoms with van der Waals surface area (Å²) in [4.78, 5) is 24.3. The van der Waals surface area contributed by atoms with Gasteiger partial charge >= 0.3 is 6.18 Å². The Labute approximate surface area is 152 Å². The molecule has 2 aromatic heterocycles. The minimum Gasteiger partial charge on any atom is -0.271 e. The standard InChI is InChI=1S/C18H14F3N5O/c1-26(15-8-7-14(11-22-15)18(19,20)21)25-17(27)13-9-23-16(24-10-13)12-5-3-2-4-6-12/h2-11H,1H3,(H,25,27). The smallest absolute Gasteiger partial charge is 0.271 e. The Morgan fingerprint density at radius 2 is 1.63 bits per heavy atom. The predicted octanol–water partition coefficient (Wildman–Crippen LogP) is 3.34. The minimum absolute atomic E-state index is 0.151. The number of rotatable bonds is 4. The highest BCUT2D eigenvalue weighted by molar-refractivity contribution is 5.94. The number of hydrazine groups is 1. The highest BCUT2D eigenvalue weighted by atomic mass is 19.4. The van der Waals surface area contributed by atoms with Gasteiger partial charge in [0.15, 0.2) is 5.82 Å². The summed E-state index contributed by atoms with van der Waals surface area (Å²) in [6.07, 6.45) is -1.02. The normalized spacial score (nSPS) is 11.1. The Hall–Kier alpha value is -3.49. The topological polar surface area (TPSA) is 71.0 Å². The summed E-state index contributed by atoms with van der Waals surface area (Å²) in [5.41, 5.74) is 2.65. The maximum atomic E-state index is 12.6. The Morgan fingerprint density at radius 3 is 2.19 bits per heavy atom. The fraction of sp³-hybridized carbons (Fsp3) is 0.111. The van der Waals surface area contributed by atoms with Crippen molar-refractivity contribution in [1.82, 2.24) is 20.4 Å². The number of carbonyl (C=O) groups excluding carboxylic acids is 1. The van der Waals surface area contributed by atoms with E-state index >= 15 is 0 Å². The maximum Gasteiger partial charge on any atom is 0.417 e. The first-order valence-electron chi connectivity index (χ1n) is 7.80. The molecule has 6 nitrogen and oxygen atoms in total. The van der Waals surface area contributed by atoms with Crippen molar-refractivity contribution in [1.29, 1.82) is 0 Å². The molecule has 1 aromatic carbocycles. The number of benzene rings is 1. The van der Waals surface area contributed by atoms with Crippen molar-refractivity contribution in [2.75, 3.05) is 12.1 Å². The van der Waals surface area contributed by atoms with E-state index < -0.39 is 17.6 Å². The molecule has 0 aliphatic rings. The van der Waals surface area contributed by atoms with Crippen LogP contribution in [0.5, 0.6) is 0 Å². The van der Waals surface area contributed by atoms with Gasteiger partial charge in [0.05, 0.1) is 11.1 Å². The first-order chi connectivity index (χ1) is 12.8. The predicted molar refractivity (Wildman–Crippen MR) is 92.6 cm³/mol. The van der Waals surface area contributed by atoms with Crippen LogP contribution in [-0.2, 0) is 6.18 Å². The quantitative estimate of drug-likeness (QED) is 0.711. The number of aromatic nitrogens is 3. The van der Waals surface area contributed by atoms with Crippen molar-refractivity contribution in [3.05, 3.63) is 72.2 Å². The first-order valence-corrected chi connectivity index (χ1v) is 7.80. The number of hydrogen-bond donors (Lipinski definition) is 1. The van der Waals surface area contributed by atoms with E-state index in [0.29, 0.717) is 12.0 Å². The van der Waals surface area contributed by atoms with Crippen LogP contribution in [0.4, 0.5) is 19.0 Å².